The number of halogens is 2. The largest absolute Gasteiger partial charge is 0.361 e. The first-order valence-corrected chi connectivity index (χ1v) is 10.1. The van der Waals surface area contributed by atoms with E-state index >= 15 is 0 Å². The molecule has 3 aromatic heterocycles. The minimum atomic E-state index is -2.58. The van der Waals surface area contributed by atoms with Gasteiger partial charge in [0.1, 0.15) is 18.2 Å². The van der Waals surface area contributed by atoms with Crippen molar-refractivity contribution in [2.45, 2.75) is 12.8 Å². The second-order valence-electron chi connectivity index (χ2n) is 6.97. The lowest BCUT2D eigenvalue weighted by Gasteiger charge is -2.09. The van der Waals surface area contributed by atoms with Crippen molar-refractivity contribution in [3.63, 3.8) is 0 Å². The van der Waals surface area contributed by atoms with Crippen LogP contribution in [0.5, 0.6) is 0 Å². The summed E-state index contributed by atoms with van der Waals surface area (Å²) in [6, 6.07) is 14.7. The van der Waals surface area contributed by atoms with Crippen molar-refractivity contribution >= 4 is 5.82 Å². The molecule has 1 N–H and O–H groups in total. The molecule has 1 aromatic carbocycles. The molecule has 0 radical (unpaired) electrons. The number of benzene rings is 1. The molecule has 0 atom stereocenters. The molecule has 0 amide bonds. The molecular weight excluding hydrogens is 412 g/mol. The van der Waals surface area contributed by atoms with Crippen LogP contribution in [0, 0.1) is 0 Å². The second-order valence-corrected chi connectivity index (χ2v) is 6.97. The predicted octanol–water partition coefficient (Wildman–Crippen LogP) is 5.17. The monoisotopic (exact) mass is 433 g/mol. The van der Waals surface area contributed by atoms with Crippen molar-refractivity contribution < 1.29 is 13.5 Å². The van der Waals surface area contributed by atoms with E-state index in [0.29, 0.717) is 19.2 Å². The van der Waals surface area contributed by atoms with E-state index in [4.69, 9.17) is 4.74 Å². The molecule has 4 rings (SSSR count). The average molecular weight is 433 g/mol. The fraction of sp³-hybridized carbons (Fsp3) is 0.167. The van der Waals surface area contributed by atoms with Crippen LogP contribution in [0.25, 0.3) is 22.4 Å². The Morgan fingerprint density at radius 3 is 2.38 bits per heavy atom. The number of nitrogens with zero attached hydrogens (tertiary/aromatic N) is 4. The topological polar surface area (TPSA) is 72.8 Å². The number of hydrogen-bond donors (Lipinski definition) is 1. The Hall–Kier alpha value is -3.78. The number of anilines is 1. The molecule has 0 aliphatic rings. The van der Waals surface area contributed by atoms with E-state index in [1.54, 1.807) is 30.9 Å². The predicted molar refractivity (Wildman–Crippen MR) is 118 cm³/mol. The number of hydrogen-bond acceptors (Lipinski definition) is 6. The maximum Gasteiger partial charge on any atom is 0.280 e. The van der Waals surface area contributed by atoms with Gasteiger partial charge in [0.05, 0.1) is 18.5 Å². The van der Waals surface area contributed by atoms with Crippen LogP contribution in [-0.4, -0.2) is 33.3 Å². The average Bonchev–Trinajstić information content (AvgIpc) is 2.85. The van der Waals surface area contributed by atoms with Gasteiger partial charge in [-0.1, -0.05) is 24.3 Å². The van der Waals surface area contributed by atoms with E-state index in [2.05, 4.69) is 25.3 Å². The van der Waals surface area contributed by atoms with Crippen LogP contribution in [0.3, 0.4) is 0 Å². The van der Waals surface area contributed by atoms with Crippen LogP contribution in [0.15, 0.2) is 79.5 Å². The van der Waals surface area contributed by atoms with Crippen molar-refractivity contribution in [2.75, 3.05) is 18.7 Å². The van der Waals surface area contributed by atoms with Crippen molar-refractivity contribution in [1.82, 2.24) is 19.9 Å². The molecule has 0 unspecified atom stereocenters. The molecule has 8 heteroatoms. The number of ether oxygens (including phenoxy) is 1. The van der Waals surface area contributed by atoms with Crippen LogP contribution in [0.1, 0.15) is 17.7 Å². The Labute approximate surface area is 184 Å². The summed E-state index contributed by atoms with van der Waals surface area (Å²) in [5, 5.41) is 3.12. The van der Waals surface area contributed by atoms with Gasteiger partial charge >= 0.3 is 0 Å². The number of pyridine rings is 2. The van der Waals surface area contributed by atoms with Crippen LogP contribution in [0.4, 0.5) is 14.6 Å². The van der Waals surface area contributed by atoms with Gasteiger partial charge in [0.2, 0.25) is 0 Å². The Bertz CT molecular complexity index is 1120. The summed E-state index contributed by atoms with van der Waals surface area (Å²) in [6.07, 6.45) is 6.27. The van der Waals surface area contributed by atoms with Crippen molar-refractivity contribution in [3.05, 3.63) is 90.8 Å². The number of rotatable bonds is 9. The van der Waals surface area contributed by atoms with E-state index in [-0.39, 0.29) is 5.69 Å². The zero-order chi connectivity index (χ0) is 22.2. The number of alkyl halides is 2. The van der Waals surface area contributed by atoms with Gasteiger partial charge in [0.25, 0.3) is 6.43 Å². The Balaban J connectivity index is 1.22. The first-order valence-electron chi connectivity index (χ1n) is 10.1. The third-order valence-corrected chi connectivity index (χ3v) is 4.80. The summed E-state index contributed by atoms with van der Waals surface area (Å²) in [5.74, 6) is 0.711. The molecule has 3 heterocycles. The van der Waals surface area contributed by atoms with E-state index in [0.717, 1.165) is 34.4 Å². The zero-order valence-corrected chi connectivity index (χ0v) is 17.2. The molecule has 0 saturated carbocycles. The number of nitrogens with one attached hydrogen (secondary N) is 1. The fourth-order valence-electron chi connectivity index (χ4n) is 3.10. The van der Waals surface area contributed by atoms with E-state index in [1.807, 2.05) is 36.4 Å². The Morgan fingerprint density at radius 1 is 0.812 bits per heavy atom. The minimum Gasteiger partial charge on any atom is -0.361 e. The highest BCUT2D eigenvalue weighted by Crippen LogP contribution is 2.24. The zero-order valence-electron chi connectivity index (χ0n) is 17.2. The molecule has 0 aliphatic heterocycles. The van der Waals surface area contributed by atoms with Crippen molar-refractivity contribution in [3.8, 4) is 22.4 Å². The van der Waals surface area contributed by atoms with E-state index in [9.17, 15) is 8.78 Å². The molecule has 6 nitrogen and oxygen atoms in total. The molecule has 0 fully saturated rings. The van der Waals surface area contributed by atoms with Gasteiger partial charge < -0.3 is 10.1 Å². The fourth-order valence-corrected chi connectivity index (χ4v) is 3.10. The summed E-state index contributed by atoms with van der Waals surface area (Å²) in [5.41, 5.74) is 4.14. The molecule has 32 heavy (non-hydrogen) atoms. The molecule has 0 spiro atoms. The SMILES string of the molecule is FC(F)c1cc(-c2ccc(CCOCNc3ccc(-c4cnccn4)cn3)cc2)ccn1. The lowest BCUT2D eigenvalue weighted by molar-refractivity contribution is 0.146. The van der Waals surface area contributed by atoms with Crippen LogP contribution in [-0.2, 0) is 11.2 Å². The second kappa shape index (κ2) is 10.5. The lowest BCUT2D eigenvalue weighted by Crippen LogP contribution is -2.09. The van der Waals surface area contributed by atoms with E-state index in [1.165, 1.54) is 12.3 Å². The lowest BCUT2D eigenvalue weighted by atomic mass is 10.0. The smallest absolute Gasteiger partial charge is 0.280 e. The maximum absolute atomic E-state index is 12.8. The van der Waals surface area contributed by atoms with Gasteiger partial charge in [0, 0.05) is 30.4 Å². The van der Waals surface area contributed by atoms with Crippen molar-refractivity contribution in [2.24, 2.45) is 0 Å². The molecule has 0 aliphatic carbocycles. The summed E-state index contributed by atoms with van der Waals surface area (Å²) >= 11 is 0. The first kappa shape index (κ1) is 21.5. The molecular formula is C24H21F2N5O. The van der Waals surface area contributed by atoms with Gasteiger partial charge in [-0.3, -0.25) is 15.0 Å². The number of aromatic nitrogens is 4. The molecule has 162 valence electrons. The normalized spacial score (nSPS) is 11.0. The molecule has 0 saturated heterocycles. The quantitative estimate of drug-likeness (QED) is 0.290. The van der Waals surface area contributed by atoms with Gasteiger partial charge in [-0.05, 0) is 47.4 Å². The summed E-state index contributed by atoms with van der Waals surface area (Å²) < 4.78 is 31.3. The molecule has 4 aromatic rings. The van der Waals surface area contributed by atoms with Crippen molar-refractivity contribution in [1.29, 1.82) is 0 Å². The van der Waals surface area contributed by atoms with Crippen LogP contribution < -0.4 is 5.32 Å². The van der Waals surface area contributed by atoms with Crippen LogP contribution >= 0.6 is 0 Å². The van der Waals surface area contributed by atoms with Gasteiger partial charge in [-0.15, -0.1) is 0 Å². The summed E-state index contributed by atoms with van der Waals surface area (Å²) in [6.45, 7) is 0.873. The highest BCUT2D eigenvalue weighted by atomic mass is 19.3. The molecule has 0 bridgehead atoms. The van der Waals surface area contributed by atoms with E-state index < -0.39 is 6.43 Å². The maximum atomic E-state index is 12.8. The van der Waals surface area contributed by atoms with Gasteiger partial charge in [-0.25, -0.2) is 13.8 Å². The standard InChI is InChI=1S/C24H21F2N5O/c25-24(26)21-13-19(7-9-28-21)18-3-1-17(2-4-18)8-12-32-16-31-23-6-5-20(14-30-23)22-15-27-10-11-29-22/h1-7,9-11,13-15,24H,8,12,16H2,(H,30,31). The summed E-state index contributed by atoms with van der Waals surface area (Å²) in [7, 11) is 0. The highest BCUT2D eigenvalue weighted by molar-refractivity contribution is 5.63. The third kappa shape index (κ3) is 5.67. The Morgan fingerprint density at radius 2 is 1.66 bits per heavy atom. The first-order chi connectivity index (χ1) is 15.7. The third-order valence-electron chi connectivity index (χ3n) is 4.80. The highest BCUT2D eigenvalue weighted by Gasteiger charge is 2.09. The van der Waals surface area contributed by atoms with Gasteiger partial charge in [0.15, 0.2) is 0 Å². The minimum absolute atomic E-state index is 0.217. The summed E-state index contributed by atoms with van der Waals surface area (Å²) in [4.78, 5) is 16.4. The van der Waals surface area contributed by atoms with Gasteiger partial charge in [-0.2, -0.15) is 0 Å². The van der Waals surface area contributed by atoms with Crippen LogP contribution in [0.2, 0.25) is 0 Å². The Kier molecular flexibility index (Phi) is 7.04.